The topological polar surface area (TPSA) is 72.7 Å². The second kappa shape index (κ2) is 6.90. The molecule has 1 atom stereocenters. The second-order valence-corrected chi connectivity index (χ2v) is 8.98. The summed E-state index contributed by atoms with van der Waals surface area (Å²) in [4.78, 5) is 22.2. The molecule has 1 aromatic carbocycles. The molecule has 5 rings (SSSR count). The van der Waals surface area contributed by atoms with Gasteiger partial charge in [-0.2, -0.15) is 4.98 Å². The zero-order valence-electron chi connectivity index (χ0n) is 17.5. The largest absolute Gasteiger partial charge is 0.328 e. The van der Waals surface area contributed by atoms with E-state index < -0.39 is 0 Å². The minimum atomic E-state index is -0.347. The van der Waals surface area contributed by atoms with Gasteiger partial charge in [0.2, 0.25) is 5.95 Å². The summed E-state index contributed by atoms with van der Waals surface area (Å²) in [6, 6.07) is 13.8. The van der Waals surface area contributed by atoms with E-state index in [-0.39, 0.29) is 17.2 Å². The van der Waals surface area contributed by atoms with Gasteiger partial charge in [-0.1, -0.05) is 51.1 Å². The fourth-order valence-electron chi connectivity index (χ4n) is 4.21. The maximum Gasteiger partial charge on any atom is 0.226 e. The molecule has 0 radical (unpaired) electrons. The third kappa shape index (κ3) is 3.12. The molecule has 0 fully saturated rings. The summed E-state index contributed by atoms with van der Waals surface area (Å²) in [6.07, 6.45) is 4.02. The van der Waals surface area contributed by atoms with Gasteiger partial charge in [0.15, 0.2) is 11.6 Å². The van der Waals surface area contributed by atoms with Crippen molar-refractivity contribution < 1.29 is 4.79 Å². The predicted octanol–water partition coefficient (Wildman–Crippen LogP) is 4.66. The average molecular weight is 399 g/mol. The van der Waals surface area contributed by atoms with E-state index in [9.17, 15) is 4.79 Å². The molecule has 0 saturated carbocycles. The zero-order valence-corrected chi connectivity index (χ0v) is 17.5. The summed E-state index contributed by atoms with van der Waals surface area (Å²) < 4.78 is 1.82. The molecule has 30 heavy (non-hydrogen) atoms. The first-order valence-corrected chi connectivity index (χ1v) is 10.4. The van der Waals surface area contributed by atoms with Gasteiger partial charge in [-0.15, -0.1) is 5.10 Å². The van der Waals surface area contributed by atoms with Crippen LogP contribution in [0.2, 0.25) is 0 Å². The van der Waals surface area contributed by atoms with Crippen molar-refractivity contribution in [2.75, 3.05) is 5.32 Å². The maximum absolute atomic E-state index is 12.8. The summed E-state index contributed by atoms with van der Waals surface area (Å²) in [5, 5.41) is 8.19. The van der Waals surface area contributed by atoms with E-state index >= 15 is 0 Å². The van der Waals surface area contributed by atoms with E-state index in [2.05, 4.69) is 55.3 Å². The lowest BCUT2D eigenvalue weighted by atomic mass is 9.87. The Balaban J connectivity index is 1.60. The van der Waals surface area contributed by atoms with Crippen LogP contribution in [0.5, 0.6) is 0 Å². The second-order valence-electron chi connectivity index (χ2n) is 8.98. The van der Waals surface area contributed by atoms with Gasteiger partial charge in [-0.05, 0) is 36.0 Å². The lowest BCUT2D eigenvalue weighted by Gasteiger charge is -2.31. The molecule has 6 heteroatoms. The number of fused-ring (bicyclic) bond motifs is 1. The molecule has 0 saturated heterocycles. The number of nitrogens with zero attached hydrogens (tertiary/aromatic N) is 4. The van der Waals surface area contributed by atoms with Gasteiger partial charge in [0, 0.05) is 29.5 Å². The van der Waals surface area contributed by atoms with Crippen molar-refractivity contribution in [2.24, 2.45) is 0 Å². The van der Waals surface area contributed by atoms with E-state index in [1.54, 1.807) is 6.20 Å². The van der Waals surface area contributed by atoms with Crippen molar-refractivity contribution in [2.45, 2.75) is 51.5 Å². The Kier molecular flexibility index (Phi) is 4.31. The molecule has 0 bridgehead atoms. The standard InChI is InChI=1S/C24H25N5O/c1-24(2,3)16-12-10-15(11-13-16)22-27-23-26-17-8-6-9-19(30)20(17)21(29(23)28-22)18-7-4-5-14-25-18/h4-5,7,10-14,21H,6,8-9H2,1-3H3,(H,26,27,28). The monoisotopic (exact) mass is 399 g/mol. The molecule has 1 aliphatic carbocycles. The lowest BCUT2D eigenvalue weighted by Crippen LogP contribution is -2.32. The zero-order chi connectivity index (χ0) is 20.9. The number of anilines is 1. The van der Waals surface area contributed by atoms with Crippen LogP contribution in [0.3, 0.4) is 0 Å². The lowest BCUT2D eigenvalue weighted by molar-refractivity contribution is -0.116. The number of Topliss-reactive ketones (excluding diaryl/α,β-unsaturated/α-hetero) is 1. The van der Waals surface area contributed by atoms with Gasteiger partial charge in [-0.25, -0.2) is 4.68 Å². The highest BCUT2D eigenvalue weighted by molar-refractivity contribution is 5.99. The molecule has 152 valence electrons. The Morgan fingerprint density at radius 3 is 2.57 bits per heavy atom. The molecule has 0 amide bonds. The number of pyridine rings is 1. The van der Waals surface area contributed by atoms with Gasteiger partial charge < -0.3 is 5.32 Å². The van der Waals surface area contributed by atoms with Crippen LogP contribution in [-0.4, -0.2) is 25.5 Å². The van der Waals surface area contributed by atoms with Crippen LogP contribution in [0.1, 0.15) is 57.3 Å². The molecule has 3 aromatic rings. The SMILES string of the molecule is CC(C)(C)c1ccc(-c2nc3n(n2)C(c2ccccn2)C2=C(CCCC2=O)N3)cc1. The highest BCUT2D eigenvalue weighted by atomic mass is 16.1. The highest BCUT2D eigenvalue weighted by Crippen LogP contribution is 2.40. The van der Waals surface area contributed by atoms with E-state index in [0.29, 0.717) is 18.2 Å². The highest BCUT2D eigenvalue weighted by Gasteiger charge is 2.37. The molecule has 0 spiro atoms. The van der Waals surface area contributed by atoms with Gasteiger partial charge in [-0.3, -0.25) is 9.78 Å². The quantitative estimate of drug-likeness (QED) is 0.678. The van der Waals surface area contributed by atoms with Crippen LogP contribution in [0.15, 0.2) is 59.9 Å². The summed E-state index contributed by atoms with van der Waals surface area (Å²) in [6.45, 7) is 6.60. The van der Waals surface area contributed by atoms with E-state index in [1.165, 1.54) is 5.56 Å². The average Bonchev–Trinajstić information content (AvgIpc) is 3.16. The van der Waals surface area contributed by atoms with Crippen molar-refractivity contribution in [1.82, 2.24) is 19.7 Å². The van der Waals surface area contributed by atoms with Gasteiger partial charge in [0.25, 0.3) is 0 Å². The number of hydrogen-bond acceptors (Lipinski definition) is 5. The number of aromatic nitrogens is 4. The van der Waals surface area contributed by atoms with Crippen molar-refractivity contribution in [3.05, 3.63) is 71.2 Å². The Bertz CT molecular complexity index is 1140. The molecule has 2 aliphatic rings. The van der Waals surface area contributed by atoms with Gasteiger partial charge in [0.1, 0.15) is 6.04 Å². The Morgan fingerprint density at radius 1 is 1.07 bits per heavy atom. The minimum absolute atomic E-state index is 0.0916. The number of carbonyl (C=O) groups excluding carboxylic acids is 1. The summed E-state index contributed by atoms with van der Waals surface area (Å²) >= 11 is 0. The number of allylic oxidation sites excluding steroid dienone is 2. The third-order valence-corrected chi connectivity index (χ3v) is 5.85. The van der Waals surface area contributed by atoms with Gasteiger partial charge in [0.05, 0.1) is 5.69 Å². The van der Waals surface area contributed by atoms with Crippen LogP contribution in [0.25, 0.3) is 11.4 Å². The number of carbonyl (C=O) groups is 1. The Labute approximate surface area is 176 Å². The van der Waals surface area contributed by atoms with Crippen LogP contribution < -0.4 is 5.32 Å². The minimum Gasteiger partial charge on any atom is -0.328 e. The first kappa shape index (κ1) is 18.7. The summed E-state index contributed by atoms with van der Waals surface area (Å²) in [5.41, 5.74) is 4.85. The molecule has 3 heterocycles. The van der Waals surface area contributed by atoms with Crippen LogP contribution >= 0.6 is 0 Å². The normalized spacial score (nSPS) is 18.6. The molecule has 1 N–H and O–H groups in total. The van der Waals surface area contributed by atoms with Crippen molar-refractivity contribution >= 4 is 11.7 Å². The first-order chi connectivity index (χ1) is 14.4. The number of ketones is 1. The maximum atomic E-state index is 12.8. The molecule has 2 aromatic heterocycles. The first-order valence-electron chi connectivity index (χ1n) is 10.4. The Morgan fingerprint density at radius 2 is 1.87 bits per heavy atom. The smallest absolute Gasteiger partial charge is 0.226 e. The fraction of sp³-hybridized carbons (Fsp3) is 0.333. The van der Waals surface area contributed by atoms with E-state index in [0.717, 1.165) is 35.4 Å². The Hall–Kier alpha value is -3.28. The van der Waals surface area contributed by atoms with Crippen molar-refractivity contribution in [3.63, 3.8) is 0 Å². The third-order valence-electron chi connectivity index (χ3n) is 5.85. The van der Waals surface area contributed by atoms with Crippen LogP contribution in [0.4, 0.5) is 5.95 Å². The molecule has 1 unspecified atom stereocenters. The fourth-order valence-corrected chi connectivity index (χ4v) is 4.21. The summed E-state index contributed by atoms with van der Waals surface area (Å²) in [5.74, 6) is 1.47. The molecular weight excluding hydrogens is 374 g/mol. The molecule has 1 aliphatic heterocycles. The van der Waals surface area contributed by atoms with Crippen molar-refractivity contribution in [3.8, 4) is 11.4 Å². The van der Waals surface area contributed by atoms with E-state index in [1.807, 2.05) is 22.9 Å². The van der Waals surface area contributed by atoms with Gasteiger partial charge >= 0.3 is 0 Å². The number of hydrogen-bond donors (Lipinski definition) is 1. The van der Waals surface area contributed by atoms with Crippen molar-refractivity contribution in [1.29, 1.82) is 0 Å². The predicted molar refractivity (Wildman–Crippen MR) is 116 cm³/mol. The number of benzene rings is 1. The van der Waals surface area contributed by atoms with Crippen LogP contribution in [0, 0.1) is 0 Å². The molecule has 6 nitrogen and oxygen atoms in total. The van der Waals surface area contributed by atoms with E-state index in [4.69, 9.17) is 10.1 Å². The number of rotatable bonds is 2. The molecular formula is C24H25N5O. The number of nitrogens with one attached hydrogen (secondary N) is 1. The summed E-state index contributed by atoms with van der Waals surface area (Å²) in [7, 11) is 0. The van der Waals surface area contributed by atoms with Crippen LogP contribution in [-0.2, 0) is 10.2 Å².